The van der Waals surface area contributed by atoms with Crippen LogP contribution in [-0.2, 0) is 6.18 Å². The van der Waals surface area contributed by atoms with E-state index in [0.29, 0.717) is 16.5 Å². The number of aromatic nitrogens is 3. The van der Waals surface area contributed by atoms with Crippen LogP contribution in [0.25, 0.3) is 10.8 Å². The van der Waals surface area contributed by atoms with Crippen LogP contribution in [0.3, 0.4) is 0 Å². The molecule has 0 aliphatic heterocycles. The van der Waals surface area contributed by atoms with Crippen LogP contribution in [0.5, 0.6) is 0 Å². The van der Waals surface area contributed by atoms with E-state index in [1.165, 1.54) is 24.4 Å². The molecule has 2 heterocycles. The molecule has 2 aromatic heterocycles. The number of alkyl halides is 3. The standard InChI is InChI=1S/C17H12ClF3N6/c1-8-12-7-24-13(18)5-11(12)16(27-26-8)25-15(23)10-4-2-3-9(6-22)14(10)17(19,20)21/h2-5,7,15H,23H2,1H3,(H,25,27)/t15-/m0/s1. The summed E-state index contributed by atoms with van der Waals surface area (Å²) in [5.74, 6) is 0.155. The lowest BCUT2D eigenvalue weighted by atomic mass is 9.99. The largest absolute Gasteiger partial charge is 0.418 e. The maximum atomic E-state index is 13.5. The fourth-order valence-corrected chi connectivity index (χ4v) is 2.88. The Bertz CT molecular complexity index is 1060. The highest BCUT2D eigenvalue weighted by Crippen LogP contribution is 2.37. The molecule has 0 saturated heterocycles. The topological polar surface area (TPSA) is 101 Å². The summed E-state index contributed by atoms with van der Waals surface area (Å²) in [7, 11) is 0. The number of nitrogens with one attached hydrogen (secondary N) is 1. The molecule has 0 spiro atoms. The van der Waals surface area contributed by atoms with Gasteiger partial charge in [0.2, 0.25) is 0 Å². The van der Waals surface area contributed by atoms with Crippen LogP contribution in [0.2, 0.25) is 5.15 Å². The van der Waals surface area contributed by atoms with Crippen LogP contribution in [0.15, 0.2) is 30.5 Å². The van der Waals surface area contributed by atoms with Crippen molar-refractivity contribution in [3.63, 3.8) is 0 Å². The van der Waals surface area contributed by atoms with Crippen LogP contribution >= 0.6 is 11.6 Å². The van der Waals surface area contributed by atoms with Gasteiger partial charge >= 0.3 is 6.18 Å². The Morgan fingerprint density at radius 3 is 2.67 bits per heavy atom. The molecule has 10 heteroatoms. The van der Waals surface area contributed by atoms with Gasteiger partial charge in [0.1, 0.15) is 11.3 Å². The fraction of sp³-hybridized carbons (Fsp3) is 0.176. The number of nitriles is 1. The third kappa shape index (κ3) is 3.63. The SMILES string of the molecule is Cc1nnc(N[C@H](N)c2cccc(C#N)c2C(F)(F)F)c2cc(Cl)ncc12. The van der Waals surface area contributed by atoms with E-state index in [0.717, 1.165) is 6.07 Å². The molecule has 3 rings (SSSR count). The minimum atomic E-state index is -4.74. The predicted molar refractivity (Wildman–Crippen MR) is 93.8 cm³/mol. The molecule has 0 aliphatic carbocycles. The van der Waals surface area contributed by atoms with Crippen LogP contribution in [0.4, 0.5) is 19.0 Å². The van der Waals surface area contributed by atoms with Crippen molar-refractivity contribution in [3.05, 3.63) is 58.0 Å². The lowest BCUT2D eigenvalue weighted by molar-refractivity contribution is -0.138. The molecule has 0 saturated carbocycles. The van der Waals surface area contributed by atoms with E-state index in [-0.39, 0.29) is 16.5 Å². The first-order valence-corrected chi connectivity index (χ1v) is 8.01. The van der Waals surface area contributed by atoms with Crippen molar-refractivity contribution in [3.8, 4) is 6.07 Å². The Labute approximate surface area is 156 Å². The zero-order chi connectivity index (χ0) is 19.8. The number of fused-ring (bicyclic) bond motifs is 1. The Balaban J connectivity index is 2.09. The third-order valence-electron chi connectivity index (χ3n) is 3.94. The first-order valence-electron chi connectivity index (χ1n) is 7.63. The van der Waals surface area contributed by atoms with E-state index in [9.17, 15) is 13.2 Å². The number of rotatable bonds is 3. The Morgan fingerprint density at radius 1 is 1.26 bits per heavy atom. The molecule has 1 aromatic carbocycles. The number of hydrogen-bond acceptors (Lipinski definition) is 6. The zero-order valence-corrected chi connectivity index (χ0v) is 14.6. The normalized spacial score (nSPS) is 12.6. The van der Waals surface area contributed by atoms with Crippen LogP contribution in [0, 0.1) is 18.3 Å². The number of nitrogens with zero attached hydrogens (tertiary/aromatic N) is 4. The molecule has 0 aliphatic rings. The maximum absolute atomic E-state index is 13.5. The monoisotopic (exact) mass is 392 g/mol. The number of nitrogens with two attached hydrogens (primary N) is 1. The van der Waals surface area contributed by atoms with Gasteiger partial charge in [-0.3, -0.25) is 0 Å². The molecule has 0 radical (unpaired) electrons. The summed E-state index contributed by atoms with van der Waals surface area (Å²) in [5.41, 5.74) is 4.68. The van der Waals surface area contributed by atoms with E-state index in [1.54, 1.807) is 13.0 Å². The minimum Gasteiger partial charge on any atom is -0.349 e. The summed E-state index contributed by atoms with van der Waals surface area (Å²) < 4.78 is 40.4. The van der Waals surface area contributed by atoms with Gasteiger partial charge in [0.05, 0.1) is 22.9 Å². The summed E-state index contributed by atoms with van der Waals surface area (Å²) >= 11 is 5.92. The minimum absolute atomic E-state index is 0.155. The predicted octanol–water partition coefficient (Wildman–Crippen LogP) is 3.95. The molecule has 138 valence electrons. The maximum Gasteiger partial charge on any atom is 0.418 e. The van der Waals surface area contributed by atoms with Gasteiger partial charge in [0, 0.05) is 22.5 Å². The molecule has 3 aromatic rings. The van der Waals surface area contributed by atoms with E-state index < -0.39 is 23.5 Å². The first-order chi connectivity index (χ1) is 12.7. The van der Waals surface area contributed by atoms with Gasteiger partial charge in [0.25, 0.3) is 0 Å². The van der Waals surface area contributed by atoms with Gasteiger partial charge in [0.15, 0.2) is 5.82 Å². The lowest BCUT2D eigenvalue weighted by Crippen LogP contribution is -2.25. The Morgan fingerprint density at radius 2 is 2.00 bits per heavy atom. The van der Waals surface area contributed by atoms with Gasteiger partial charge in [-0.1, -0.05) is 23.7 Å². The highest BCUT2D eigenvalue weighted by Gasteiger charge is 2.37. The first kappa shape index (κ1) is 18.8. The van der Waals surface area contributed by atoms with Crippen molar-refractivity contribution in [2.45, 2.75) is 19.3 Å². The lowest BCUT2D eigenvalue weighted by Gasteiger charge is -2.21. The summed E-state index contributed by atoms with van der Waals surface area (Å²) in [6.45, 7) is 1.72. The molecule has 0 fully saturated rings. The molecule has 0 bridgehead atoms. The van der Waals surface area contributed by atoms with Crippen LogP contribution in [-0.4, -0.2) is 15.2 Å². The molecule has 6 nitrogen and oxygen atoms in total. The van der Waals surface area contributed by atoms with Crippen molar-refractivity contribution in [1.29, 1.82) is 5.26 Å². The molecule has 0 amide bonds. The van der Waals surface area contributed by atoms with E-state index in [4.69, 9.17) is 22.6 Å². The van der Waals surface area contributed by atoms with E-state index in [2.05, 4.69) is 20.5 Å². The third-order valence-corrected chi connectivity index (χ3v) is 4.15. The fourth-order valence-electron chi connectivity index (χ4n) is 2.72. The van der Waals surface area contributed by atoms with Crippen molar-refractivity contribution in [2.75, 3.05) is 5.32 Å². The summed E-state index contributed by atoms with van der Waals surface area (Å²) in [6.07, 6.45) is -4.53. The van der Waals surface area contributed by atoms with Gasteiger partial charge in [-0.05, 0) is 19.1 Å². The highest BCUT2D eigenvalue weighted by molar-refractivity contribution is 6.30. The second-order valence-electron chi connectivity index (χ2n) is 5.69. The average molecular weight is 393 g/mol. The quantitative estimate of drug-likeness (QED) is 0.517. The number of aryl methyl sites for hydroxylation is 1. The summed E-state index contributed by atoms with van der Waals surface area (Å²) in [6, 6.07) is 6.70. The molecular weight excluding hydrogens is 381 g/mol. The zero-order valence-electron chi connectivity index (χ0n) is 13.8. The average Bonchev–Trinajstić information content (AvgIpc) is 2.62. The number of hydrogen-bond donors (Lipinski definition) is 2. The van der Waals surface area contributed by atoms with Crippen molar-refractivity contribution >= 4 is 28.2 Å². The molecule has 3 N–H and O–H groups in total. The smallest absolute Gasteiger partial charge is 0.349 e. The molecular formula is C17H12ClF3N6. The van der Waals surface area contributed by atoms with E-state index >= 15 is 0 Å². The van der Waals surface area contributed by atoms with Gasteiger partial charge < -0.3 is 11.1 Å². The van der Waals surface area contributed by atoms with Crippen molar-refractivity contribution in [2.24, 2.45) is 5.73 Å². The van der Waals surface area contributed by atoms with Crippen molar-refractivity contribution < 1.29 is 13.2 Å². The Kier molecular flexibility index (Phi) is 4.87. The highest BCUT2D eigenvalue weighted by atomic mass is 35.5. The van der Waals surface area contributed by atoms with Gasteiger partial charge in [-0.15, -0.1) is 5.10 Å². The number of halogens is 4. The van der Waals surface area contributed by atoms with E-state index in [1.807, 2.05) is 0 Å². The molecule has 27 heavy (non-hydrogen) atoms. The number of anilines is 1. The Hall–Kier alpha value is -2.96. The second kappa shape index (κ2) is 6.98. The molecule has 0 unspecified atom stereocenters. The number of pyridine rings is 1. The van der Waals surface area contributed by atoms with Gasteiger partial charge in [-0.2, -0.15) is 23.5 Å². The summed E-state index contributed by atoms with van der Waals surface area (Å²) in [4.78, 5) is 3.97. The van der Waals surface area contributed by atoms with Crippen LogP contribution in [0.1, 0.15) is 28.6 Å². The summed E-state index contributed by atoms with van der Waals surface area (Å²) in [5, 5.41) is 21.0. The van der Waals surface area contributed by atoms with Gasteiger partial charge in [-0.25, -0.2) is 4.98 Å². The molecule has 1 atom stereocenters. The second-order valence-corrected chi connectivity index (χ2v) is 6.08. The van der Waals surface area contributed by atoms with Crippen molar-refractivity contribution in [1.82, 2.24) is 15.2 Å². The number of benzene rings is 1. The van der Waals surface area contributed by atoms with Crippen LogP contribution < -0.4 is 11.1 Å².